The van der Waals surface area contributed by atoms with E-state index in [-0.39, 0.29) is 11.6 Å². The van der Waals surface area contributed by atoms with Gasteiger partial charge in [-0.1, -0.05) is 12.1 Å². The summed E-state index contributed by atoms with van der Waals surface area (Å²) >= 11 is 0. The van der Waals surface area contributed by atoms with Gasteiger partial charge in [-0.2, -0.15) is 0 Å². The fourth-order valence-electron chi connectivity index (χ4n) is 2.29. The molecule has 96 valence electrons. The highest BCUT2D eigenvalue weighted by Crippen LogP contribution is 2.22. The molecule has 0 bridgehead atoms. The Balaban J connectivity index is 2.15. The molecule has 0 radical (unpaired) electrons. The van der Waals surface area contributed by atoms with Crippen molar-refractivity contribution in [2.75, 3.05) is 20.6 Å². The van der Waals surface area contributed by atoms with Crippen LogP contribution in [0, 0.1) is 0 Å². The van der Waals surface area contributed by atoms with Crippen molar-refractivity contribution in [2.24, 2.45) is 0 Å². The van der Waals surface area contributed by atoms with Gasteiger partial charge < -0.3 is 4.90 Å². The summed E-state index contributed by atoms with van der Waals surface area (Å²) in [5, 5.41) is 0. The van der Waals surface area contributed by atoms with Gasteiger partial charge in [0.1, 0.15) is 0 Å². The van der Waals surface area contributed by atoms with Crippen molar-refractivity contribution in [3.63, 3.8) is 0 Å². The Morgan fingerprint density at radius 2 is 2.06 bits per heavy atom. The van der Waals surface area contributed by atoms with Crippen molar-refractivity contribution in [1.29, 1.82) is 0 Å². The number of Topliss-reactive ketones (excluding diaryl/α,β-unsaturated/α-hetero) is 2. The smallest absolute Gasteiger partial charge is 0.164 e. The molecule has 0 spiro atoms. The number of ketones is 2. The van der Waals surface area contributed by atoms with E-state index in [1.165, 1.54) is 0 Å². The molecule has 0 atom stereocenters. The summed E-state index contributed by atoms with van der Waals surface area (Å²) in [5.74, 6) is 0.369. The maximum absolute atomic E-state index is 12.0. The Morgan fingerprint density at radius 1 is 1.28 bits per heavy atom. The molecule has 0 fully saturated rings. The van der Waals surface area contributed by atoms with E-state index >= 15 is 0 Å². The van der Waals surface area contributed by atoms with Crippen molar-refractivity contribution in [3.8, 4) is 0 Å². The molecule has 2 rings (SSSR count). The molecule has 1 aliphatic carbocycles. The molecule has 3 nitrogen and oxygen atoms in total. The molecule has 0 aromatic heterocycles. The molecular formula is C15H19NO2. The molecule has 1 aromatic rings. The lowest BCUT2D eigenvalue weighted by atomic mass is 9.88. The number of rotatable bonds is 4. The minimum absolute atomic E-state index is 0.157. The molecule has 0 amide bonds. The molecule has 0 saturated carbocycles. The van der Waals surface area contributed by atoms with Gasteiger partial charge in [0.15, 0.2) is 11.6 Å². The lowest BCUT2D eigenvalue weighted by Crippen LogP contribution is -2.17. The second-order valence-corrected chi connectivity index (χ2v) is 5.13. The van der Waals surface area contributed by atoms with Crippen molar-refractivity contribution in [2.45, 2.75) is 25.7 Å². The summed E-state index contributed by atoms with van der Waals surface area (Å²) in [6.45, 7) is 0.759. The minimum Gasteiger partial charge on any atom is -0.309 e. The zero-order chi connectivity index (χ0) is 13.1. The number of hydrogen-bond acceptors (Lipinski definition) is 3. The van der Waals surface area contributed by atoms with E-state index in [2.05, 4.69) is 0 Å². The van der Waals surface area contributed by atoms with Gasteiger partial charge in [0.05, 0.1) is 0 Å². The highest BCUT2D eigenvalue weighted by Gasteiger charge is 2.18. The molecule has 0 unspecified atom stereocenters. The van der Waals surface area contributed by atoms with Gasteiger partial charge in [0, 0.05) is 30.5 Å². The molecule has 1 aromatic carbocycles. The lowest BCUT2D eigenvalue weighted by molar-refractivity contribution is 0.0959. The minimum atomic E-state index is 0.157. The predicted octanol–water partition coefficient (Wildman–Crippen LogP) is 2.34. The molecule has 0 N–H and O–H groups in total. The van der Waals surface area contributed by atoms with Gasteiger partial charge in [-0.25, -0.2) is 0 Å². The van der Waals surface area contributed by atoms with Crippen LogP contribution in [0.1, 0.15) is 45.5 Å². The maximum atomic E-state index is 12.0. The van der Waals surface area contributed by atoms with Crippen molar-refractivity contribution >= 4 is 11.6 Å². The fourth-order valence-corrected chi connectivity index (χ4v) is 2.29. The van der Waals surface area contributed by atoms with Crippen LogP contribution in [0.4, 0.5) is 0 Å². The van der Waals surface area contributed by atoms with Gasteiger partial charge in [0.25, 0.3) is 0 Å². The molecule has 0 saturated heterocycles. The van der Waals surface area contributed by atoms with E-state index in [1.54, 1.807) is 6.07 Å². The average Bonchev–Trinajstić information content (AvgIpc) is 2.35. The third kappa shape index (κ3) is 2.85. The van der Waals surface area contributed by atoms with Gasteiger partial charge >= 0.3 is 0 Å². The number of nitrogens with zero attached hydrogens (tertiary/aromatic N) is 1. The quantitative estimate of drug-likeness (QED) is 0.764. The van der Waals surface area contributed by atoms with Crippen LogP contribution in [0.5, 0.6) is 0 Å². The summed E-state index contributed by atoms with van der Waals surface area (Å²) in [4.78, 5) is 25.7. The Bertz CT molecular complexity index is 477. The average molecular weight is 245 g/mol. The molecular weight excluding hydrogens is 226 g/mol. The number of benzene rings is 1. The predicted molar refractivity (Wildman–Crippen MR) is 71.2 cm³/mol. The normalized spacial score (nSPS) is 14.7. The van der Waals surface area contributed by atoms with Gasteiger partial charge in [0.2, 0.25) is 0 Å². The van der Waals surface area contributed by atoms with Crippen LogP contribution in [0.25, 0.3) is 0 Å². The SMILES string of the molecule is CN(C)CCC(=O)c1ccc2c(c1)CCCC2=O. The van der Waals surface area contributed by atoms with Gasteiger partial charge in [-0.15, -0.1) is 0 Å². The molecule has 0 heterocycles. The molecule has 18 heavy (non-hydrogen) atoms. The standard InChI is InChI=1S/C15H19NO2/c1-16(2)9-8-14(17)12-6-7-13-11(10-12)4-3-5-15(13)18/h6-7,10H,3-5,8-9H2,1-2H3. The number of carbonyl (C=O) groups is 2. The highest BCUT2D eigenvalue weighted by molar-refractivity contribution is 6.01. The van der Waals surface area contributed by atoms with Crippen LogP contribution >= 0.6 is 0 Å². The summed E-state index contributed by atoms with van der Waals surface area (Å²) in [6, 6.07) is 5.52. The fraction of sp³-hybridized carbons (Fsp3) is 0.467. The van der Waals surface area contributed by atoms with Crippen LogP contribution in [0.3, 0.4) is 0 Å². The molecule has 1 aliphatic rings. The third-order valence-corrected chi connectivity index (χ3v) is 3.36. The lowest BCUT2D eigenvalue weighted by Gasteiger charge is -2.15. The van der Waals surface area contributed by atoms with E-state index in [9.17, 15) is 9.59 Å². The largest absolute Gasteiger partial charge is 0.309 e. The van der Waals surface area contributed by atoms with Gasteiger partial charge in [-0.05, 0) is 38.6 Å². The van der Waals surface area contributed by atoms with Crippen molar-refractivity contribution in [1.82, 2.24) is 4.90 Å². The Morgan fingerprint density at radius 3 is 2.78 bits per heavy atom. The third-order valence-electron chi connectivity index (χ3n) is 3.36. The Kier molecular flexibility index (Phi) is 3.92. The Labute approximate surface area is 108 Å². The van der Waals surface area contributed by atoms with Crippen molar-refractivity contribution in [3.05, 3.63) is 34.9 Å². The second kappa shape index (κ2) is 5.44. The number of carbonyl (C=O) groups excluding carboxylic acids is 2. The first-order valence-corrected chi connectivity index (χ1v) is 6.42. The van der Waals surface area contributed by atoms with Crippen molar-refractivity contribution < 1.29 is 9.59 Å². The first-order valence-electron chi connectivity index (χ1n) is 6.42. The summed E-state index contributed by atoms with van der Waals surface area (Å²) in [5.41, 5.74) is 2.60. The zero-order valence-corrected chi connectivity index (χ0v) is 11.0. The van der Waals surface area contributed by atoms with E-state index in [0.29, 0.717) is 12.8 Å². The van der Waals surface area contributed by atoms with Crippen LogP contribution < -0.4 is 0 Å². The second-order valence-electron chi connectivity index (χ2n) is 5.13. The first-order chi connectivity index (χ1) is 8.58. The topological polar surface area (TPSA) is 37.4 Å². The van der Waals surface area contributed by atoms with Crippen LogP contribution in [-0.4, -0.2) is 37.1 Å². The maximum Gasteiger partial charge on any atom is 0.164 e. The monoisotopic (exact) mass is 245 g/mol. The van der Waals surface area contributed by atoms with Crippen LogP contribution in [-0.2, 0) is 6.42 Å². The number of hydrogen-bond donors (Lipinski definition) is 0. The van der Waals surface area contributed by atoms with Crippen LogP contribution in [0.15, 0.2) is 18.2 Å². The van der Waals surface area contributed by atoms with E-state index < -0.39 is 0 Å². The molecule has 0 aliphatic heterocycles. The molecule has 3 heteroatoms. The summed E-state index contributed by atoms with van der Waals surface area (Å²) in [7, 11) is 3.91. The summed E-state index contributed by atoms with van der Waals surface area (Å²) in [6.07, 6.45) is 2.98. The Hall–Kier alpha value is -1.48. The van der Waals surface area contributed by atoms with Crippen LogP contribution in [0.2, 0.25) is 0 Å². The summed E-state index contributed by atoms with van der Waals surface area (Å²) < 4.78 is 0. The zero-order valence-electron chi connectivity index (χ0n) is 11.0. The van der Waals surface area contributed by atoms with E-state index in [1.807, 2.05) is 31.1 Å². The van der Waals surface area contributed by atoms with E-state index in [0.717, 1.165) is 36.1 Å². The van der Waals surface area contributed by atoms with E-state index in [4.69, 9.17) is 0 Å². The number of aryl methyl sites for hydroxylation is 1. The highest BCUT2D eigenvalue weighted by atomic mass is 16.1. The number of fused-ring (bicyclic) bond motifs is 1. The first kappa shape index (κ1) is 13.0. The van der Waals surface area contributed by atoms with Gasteiger partial charge in [-0.3, -0.25) is 9.59 Å².